The van der Waals surface area contributed by atoms with Gasteiger partial charge in [-0.25, -0.2) is 4.98 Å². The van der Waals surface area contributed by atoms with Gasteiger partial charge < -0.3 is 4.57 Å². The summed E-state index contributed by atoms with van der Waals surface area (Å²) in [6.07, 6.45) is -1.15. The molecule has 6 nitrogen and oxygen atoms in total. The molecule has 9 heteroatoms. The maximum Gasteiger partial charge on any atom is 0.416 e. The predicted octanol–water partition coefficient (Wildman–Crippen LogP) is 4.08. The van der Waals surface area contributed by atoms with Crippen LogP contribution in [0.1, 0.15) is 35.1 Å². The average molecular weight is 384 g/mol. The minimum absolute atomic E-state index is 0.108. The first-order chi connectivity index (χ1) is 13.4. The van der Waals surface area contributed by atoms with Gasteiger partial charge in [-0.05, 0) is 37.1 Å². The van der Waals surface area contributed by atoms with E-state index in [0.717, 1.165) is 53.0 Å². The van der Waals surface area contributed by atoms with Crippen LogP contribution < -0.4 is 0 Å². The molecule has 1 aliphatic heterocycles. The summed E-state index contributed by atoms with van der Waals surface area (Å²) in [5.41, 5.74) is 2.49. The molecule has 28 heavy (non-hydrogen) atoms. The number of hydrogen-bond acceptors (Lipinski definition) is 4. The van der Waals surface area contributed by atoms with Crippen molar-refractivity contribution in [3.63, 3.8) is 0 Å². The number of nitrogens with one attached hydrogen (secondary N) is 1. The van der Waals surface area contributed by atoms with Crippen LogP contribution in [0.15, 0.2) is 36.5 Å². The molecular weight excluding hydrogens is 369 g/mol. The summed E-state index contributed by atoms with van der Waals surface area (Å²) in [7, 11) is 0. The van der Waals surface area contributed by atoms with Crippen LogP contribution in [-0.4, -0.2) is 29.9 Å². The van der Waals surface area contributed by atoms with Crippen LogP contribution in [-0.2, 0) is 12.6 Å². The van der Waals surface area contributed by atoms with E-state index in [2.05, 4.69) is 25.4 Å². The highest BCUT2D eigenvalue weighted by atomic mass is 19.4. The van der Waals surface area contributed by atoms with Gasteiger partial charge in [0, 0.05) is 23.6 Å². The first-order valence-electron chi connectivity index (χ1n) is 8.84. The lowest BCUT2D eigenvalue weighted by Gasteiger charge is -2.17. The summed E-state index contributed by atoms with van der Waals surface area (Å²) < 4.78 is 40.6. The monoisotopic (exact) mass is 384 g/mol. The largest absolute Gasteiger partial charge is 0.416 e. The van der Waals surface area contributed by atoms with E-state index in [9.17, 15) is 13.2 Å². The number of fused-ring (bicyclic) bond motifs is 2. The standard InChI is InChI=1S/C19H15F3N6/c1-10-14-8-12(9-23-17(14)26-24-10)18-27-25-16-7-6-15(28(16)18)11-2-4-13(5-3-11)19(20,21)22/h2-5,8-9,15H,6-7H2,1H3,(H,23,24,26)/t15-/m1/s1. The molecular formula is C19H15F3N6. The summed E-state index contributed by atoms with van der Waals surface area (Å²) in [6, 6.07) is 7.17. The van der Waals surface area contributed by atoms with Crippen molar-refractivity contribution in [1.29, 1.82) is 0 Å². The molecule has 4 aromatic rings. The van der Waals surface area contributed by atoms with Gasteiger partial charge in [0.2, 0.25) is 0 Å². The van der Waals surface area contributed by atoms with Crippen LogP contribution in [0.2, 0.25) is 0 Å². The van der Waals surface area contributed by atoms with Crippen molar-refractivity contribution in [3.05, 3.63) is 59.2 Å². The van der Waals surface area contributed by atoms with Crippen LogP contribution >= 0.6 is 0 Å². The summed E-state index contributed by atoms with van der Waals surface area (Å²) in [6.45, 7) is 1.89. The fourth-order valence-corrected chi connectivity index (χ4v) is 3.77. The van der Waals surface area contributed by atoms with Gasteiger partial charge >= 0.3 is 6.18 Å². The number of H-pyrrole nitrogens is 1. The second-order valence-electron chi connectivity index (χ2n) is 6.91. The molecule has 1 aromatic carbocycles. The summed E-state index contributed by atoms with van der Waals surface area (Å²) >= 11 is 0. The number of alkyl halides is 3. The molecule has 142 valence electrons. The zero-order valence-corrected chi connectivity index (χ0v) is 14.8. The van der Waals surface area contributed by atoms with Crippen molar-refractivity contribution in [2.45, 2.75) is 32.0 Å². The molecule has 1 atom stereocenters. The van der Waals surface area contributed by atoms with Gasteiger partial charge in [0.05, 0.1) is 17.3 Å². The lowest BCUT2D eigenvalue weighted by Crippen LogP contribution is -2.09. The number of rotatable bonds is 2. The fraction of sp³-hybridized carbons (Fsp3) is 0.263. The molecule has 0 unspecified atom stereocenters. The number of nitrogens with zero attached hydrogens (tertiary/aromatic N) is 5. The second kappa shape index (κ2) is 5.88. The lowest BCUT2D eigenvalue weighted by molar-refractivity contribution is -0.137. The van der Waals surface area contributed by atoms with Crippen LogP contribution in [0.3, 0.4) is 0 Å². The maximum atomic E-state index is 12.9. The van der Waals surface area contributed by atoms with Crippen molar-refractivity contribution < 1.29 is 13.2 Å². The summed E-state index contributed by atoms with van der Waals surface area (Å²) in [5.74, 6) is 1.48. The van der Waals surface area contributed by atoms with Gasteiger partial charge in [-0.15, -0.1) is 10.2 Å². The summed E-state index contributed by atoms with van der Waals surface area (Å²) in [4.78, 5) is 4.40. The molecule has 5 rings (SSSR count). The maximum absolute atomic E-state index is 12.9. The smallest absolute Gasteiger partial charge is 0.303 e. The Morgan fingerprint density at radius 3 is 2.68 bits per heavy atom. The van der Waals surface area contributed by atoms with Gasteiger partial charge in [-0.1, -0.05) is 12.1 Å². The van der Waals surface area contributed by atoms with Gasteiger partial charge in [-0.2, -0.15) is 18.3 Å². The quantitative estimate of drug-likeness (QED) is 0.565. The van der Waals surface area contributed by atoms with Crippen LogP contribution in [0.4, 0.5) is 13.2 Å². The Hall–Kier alpha value is -3.23. The molecule has 0 bridgehead atoms. The highest BCUT2D eigenvalue weighted by Gasteiger charge is 2.32. The number of aromatic amines is 1. The molecule has 0 aliphatic carbocycles. The third kappa shape index (κ3) is 2.57. The van der Waals surface area contributed by atoms with Gasteiger partial charge in [0.15, 0.2) is 11.5 Å². The van der Waals surface area contributed by atoms with Crippen LogP contribution in [0.5, 0.6) is 0 Å². The average Bonchev–Trinajstić information content (AvgIpc) is 3.36. The molecule has 0 saturated carbocycles. The Labute approximate surface area is 157 Å². The number of benzene rings is 1. The van der Waals surface area contributed by atoms with Crippen molar-refractivity contribution >= 4 is 11.0 Å². The zero-order chi connectivity index (χ0) is 19.5. The minimum Gasteiger partial charge on any atom is -0.303 e. The Bertz CT molecular complexity index is 1170. The lowest BCUT2D eigenvalue weighted by atomic mass is 10.0. The Morgan fingerprint density at radius 1 is 1.14 bits per heavy atom. The third-order valence-corrected chi connectivity index (χ3v) is 5.21. The zero-order valence-electron chi connectivity index (χ0n) is 14.8. The highest BCUT2D eigenvalue weighted by molar-refractivity contribution is 5.81. The van der Waals surface area contributed by atoms with Crippen LogP contribution in [0, 0.1) is 6.92 Å². The van der Waals surface area contributed by atoms with E-state index in [4.69, 9.17) is 0 Å². The van der Waals surface area contributed by atoms with Crippen molar-refractivity contribution in [2.75, 3.05) is 0 Å². The van der Waals surface area contributed by atoms with E-state index in [1.165, 1.54) is 12.1 Å². The van der Waals surface area contributed by atoms with E-state index in [0.29, 0.717) is 11.5 Å². The van der Waals surface area contributed by atoms with Gasteiger partial charge in [0.25, 0.3) is 0 Å². The predicted molar refractivity (Wildman–Crippen MR) is 95.5 cm³/mol. The Morgan fingerprint density at radius 2 is 1.93 bits per heavy atom. The highest BCUT2D eigenvalue weighted by Crippen LogP contribution is 2.37. The number of aryl methyl sites for hydroxylation is 2. The number of pyridine rings is 1. The first-order valence-corrected chi connectivity index (χ1v) is 8.84. The molecule has 0 saturated heterocycles. The van der Waals surface area contributed by atoms with E-state index in [1.807, 2.05) is 17.6 Å². The van der Waals surface area contributed by atoms with Crippen LogP contribution in [0.25, 0.3) is 22.4 Å². The summed E-state index contributed by atoms with van der Waals surface area (Å²) in [5, 5.41) is 16.5. The first kappa shape index (κ1) is 16.9. The van der Waals surface area contributed by atoms with Crippen molar-refractivity contribution in [2.24, 2.45) is 0 Å². The van der Waals surface area contributed by atoms with E-state index in [-0.39, 0.29) is 6.04 Å². The third-order valence-electron chi connectivity index (χ3n) is 5.21. The van der Waals surface area contributed by atoms with Crippen molar-refractivity contribution in [3.8, 4) is 11.4 Å². The molecule has 0 fully saturated rings. The molecule has 1 N–H and O–H groups in total. The number of halogens is 3. The van der Waals surface area contributed by atoms with E-state index < -0.39 is 11.7 Å². The Kier molecular flexibility index (Phi) is 3.55. The SMILES string of the molecule is Cc1n[nH]c2ncc(-c3nnc4n3[C@@H](c3ccc(C(F)(F)F)cc3)CC4)cc12. The molecule has 0 amide bonds. The molecule has 0 radical (unpaired) electrons. The van der Waals surface area contributed by atoms with E-state index >= 15 is 0 Å². The van der Waals surface area contributed by atoms with Crippen molar-refractivity contribution in [1.82, 2.24) is 29.9 Å². The molecule has 3 aromatic heterocycles. The topological polar surface area (TPSA) is 72.3 Å². The molecule has 1 aliphatic rings. The fourth-order valence-electron chi connectivity index (χ4n) is 3.77. The second-order valence-corrected chi connectivity index (χ2v) is 6.91. The van der Waals surface area contributed by atoms with Gasteiger partial charge in [-0.3, -0.25) is 5.10 Å². The normalized spacial score (nSPS) is 16.6. The molecule has 4 heterocycles. The molecule has 0 spiro atoms. The Balaban J connectivity index is 1.57. The minimum atomic E-state index is -4.34. The van der Waals surface area contributed by atoms with Gasteiger partial charge in [0.1, 0.15) is 5.82 Å². The number of hydrogen-bond donors (Lipinski definition) is 1. The number of aromatic nitrogens is 6. The van der Waals surface area contributed by atoms with E-state index in [1.54, 1.807) is 6.20 Å².